The standard InChI is InChI=1S/C25H29N5O2S/c1-25(2,3)19-9-7-18(8-10-19)23-27-28-24(33-17-22(31)29(4)16-6-15-26)30(23)20-11-13-21(32-5)14-12-20/h7-14H,6,16-17H2,1-5H3. The predicted octanol–water partition coefficient (Wildman–Crippen LogP) is 4.70. The van der Waals surface area contributed by atoms with Crippen molar-refractivity contribution >= 4 is 17.7 Å². The number of benzene rings is 2. The molecule has 0 atom stereocenters. The van der Waals surface area contributed by atoms with Crippen molar-refractivity contribution < 1.29 is 9.53 Å². The van der Waals surface area contributed by atoms with Crippen LogP contribution in [0.3, 0.4) is 0 Å². The van der Waals surface area contributed by atoms with E-state index >= 15 is 0 Å². The molecule has 0 aliphatic rings. The zero-order valence-corrected chi connectivity index (χ0v) is 20.5. The second kappa shape index (κ2) is 10.5. The molecule has 0 saturated carbocycles. The van der Waals surface area contributed by atoms with E-state index in [1.165, 1.54) is 17.3 Å². The highest BCUT2D eigenvalue weighted by Crippen LogP contribution is 2.31. The number of hydrogen-bond acceptors (Lipinski definition) is 6. The summed E-state index contributed by atoms with van der Waals surface area (Å²) in [6.07, 6.45) is 0.309. The van der Waals surface area contributed by atoms with Crippen molar-refractivity contribution in [3.8, 4) is 28.9 Å². The molecule has 1 heterocycles. The van der Waals surface area contributed by atoms with Gasteiger partial charge in [-0.3, -0.25) is 9.36 Å². The van der Waals surface area contributed by atoms with Gasteiger partial charge >= 0.3 is 0 Å². The number of amides is 1. The zero-order chi connectivity index (χ0) is 24.0. The minimum atomic E-state index is -0.0596. The molecule has 3 rings (SSSR count). The van der Waals surface area contributed by atoms with Crippen LogP contribution in [0.1, 0.15) is 32.8 Å². The Balaban J connectivity index is 1.94. The maximum atomic E-state index is 12.5. The molecule has 1 aromatic heterocycles. The summed E-state index contributed by atoms with van der Waals surface area (Å²) < 4.78 is 7.25. The maximum absolute atomic E-state index is 12.5. The molecule has 0 aliphatic carbocycles. The third-order valence-corrected chi connectivity index (χ3v) is 6.20. The van der Waals surface area contributed by atoms with E-state index in [1.807, 2.05) is 28.8 Å². The van der Waals surface area contributed by atoms with E-state index in [-0.39, 0.29) is 17.1 Å². The van der Waals surface area contributed by atoms with Gasteiger partial charge in [0, 0.05) is 24.8 Å². The first-order valence-corrected chi connectivity index (χ1v) is 11.7. The van der Waals surface area contributed by atoms with Gasteiger partial charge in [0.1, 0.15) is 5.75 Å². The quantitative estimate of drug-likeness (QED) is 0.450. The number of ether oxygens (including phenoxy) is 1. The number of methoxy groups -OCH3 is 1. The summed E-state index contributed by atoms with van der Waals surface area (Å²) in [5, 5.41) is 18.2. The Morgan fingerprint density at radius 1 is 1.12 bits per heavy atom. The Hall–Kier alpha value is -3.31. The number of carbonyl (C=O) groups is 1. The van der Waals surface area contributed by atoms with Crippen molar-refractivity contribution in [1.82, 2.24) is 19.7 Å². The number of aromatic nitrogens is 3. The molecule has 0 bridgehead atoms. The molecule has 0 saturated heterocycles. The molecule has 33 heavy (non-hydrogen) atoms. The Morgan fingerprint density at radius 2 is 1.79 bits per heavy atom. The Bertz CT molecular complexity index is 1130. The Morgan fingerprint density at radius 3 is 2.36 bits per heavy atom. The summed E-state index contributed by atoms with van der Waals surface area (Å²) in [5.41, 5.74) is 3.11. The van der Waals surface area contributed by atoms with Crippen molar-refractivity contribution in [3.05, 3.63) is 54.1 Å². The highest BCUT2D eigenvalue weighted by molar-refractivity contribution is 7.99. The van der Waals surface area contributed by atoms with E-state index in [0.29, 0.717) is 23.9 Å². The summed E-state index contributed by atoms with van der Waals surface area (Å²) in [4.78, 5) is 14.0. The van der Waals surface area contributed by atoms with Gasteiger partial charge in [0.25, 0.3) is 0 Å². The number of rotatable bonds is 8. The average molecular weight is 464 g/mol. The summed E-state index contributed by atoms with van der Waals surface area (Å²) >= 11 is 1.33. The minimum absolute atomic E-state index is 0.0567. The van der Waals surface area contributed by atoms with Crippen molar-refractivity contribution in [2.45, 2.75) is 37.8 Å². The SMILES string of the molecule is COc1ccc(-n2c(SCC(=O)N(C)CCC#N)nnc2-c2ccc(C(C)(C)C)cc2)cc1. The fraction of sp³-hybridized carbons (Fsp3) is 0.360. The second-order valence-corrected chi connectivity index (χ2v) is 9.62. The molecule has 0 fully saturated rings. The van der Waals surface area contributed by atoms with Gasteiger partial charge in [-0.1, -0.05) is 56.8 Å². The molecule has 172 valence electrons. The molecule has 8 heteroatoms. The first-order valence-electron chi connectivity index (χ1n) is 10.7. The van der Waals surface area contributed by atoms with Gasteiger partial charge in [-0.15, -0.1) is 10.2 Å². The summed E-state index contributed by atoms with van der Waals surface area (Å²) in [5.74, 6) is 1.61. The van der Waals surface area contributed by atoms with Crippen LogP contribution >= 0.6 is 11.8 Å². The van der Waals surface area contributed by atoms with E-state index in [1.54, 1.807) is 19.1 Å². The smallest absolute Gasteiger partial charge is 0.232 e. The topological polar surface area (TPSA) is 84.0 Å². The normalized spacial score (nSPS) is 11.2. The minimum Gasteiger partial charge on any atom is -0.497 e. The molecule has 0 aliphatic heterocycles. The van der Waals surface area contributed by atoms with Crippen LogP contribution in [0.4, 0.5) is 0 Å². The summed E-state index contributed by atoms with van der Waals surface area (Å²) in [7, 11) is 3.34. The van der Waals surface area contributed by atoms with Crippen LogP contribution in [0.5, 0.6) is 5.75 Å². The van der Waals surface area contributed by atoms with Gasteiger partial charge in [0.2, 0.25) is 5.91 Å². The molecule has 3 aromatic rings. The zero-order valence-electron chi connectivity index (χ0n) is 19.7. The van der Waals surface area contributed by atoms with Crippen molar-refractivity contribution in [2.24, 2.45) is 0 Å². The Labute approximate surface area is 199 Å². The van der Waals surface area contributed by atoms with Gasteiger partial charge in [-0.25, -0.2) is 0 Å². The van der Waals surface area contributed by atoms with Crippen molar-refractivity contribution in [3.63, 3.8) is 0 Å². The van der Waals surface area contributed by atoms with Crippen LogP contribution in [-0.2, 0) is 10.2 Å². The van der Waals surface area contributed by atoms with Gasteiger partial charge in [-0.2, -0.15) is 5.26 Å². The van der Waals surface area contributed by atoms with E-state index < -0.39 is 0 Å². The lowest BCUT2D eigenvalue weighted by atomic mass is 9.87. The lowest BCUT2D eigenvalue weighted by Crippen LogP contribution is -2.29. The third-order valence-electron chi connectivity index (χ3n) is 5.28. The van der Waals surface area contributed by atoms with E-state index in [4.69, 9.17) is 10.00 Å². The third kappa shape index (κ3) is 5.93. The van der Waals surface area contributed by atoms with Crippen LogP contribution in [0, 0.1) is 11.3 Å². The number of hydrogen-bond donors (Lipinski definition) is 0. The largest absolute Gasteiger partial charge is 0.497 e. The van der Waals surface area contributed by atoms with Gasteiger partial charge in [-0.05, 0) is 35.2 Å². The lowest BCUT2D eigenvalue weighted by Gasteiger charge is -2.19. The molecule has 0 N–H and O–H groups in total. The second-order valence-electron chi connectivity index (χ2n) is 8.68. The molecule has 0 radical (unpaired) electrons. The van der Waals surface area contributed by atoms with Crippen LogP contribution < -0.4 is 4.74 Å². The highest BCUT2D eigenvalue weighted by Gasteiger charge is 2.20. The van der Waals surface area contributed by atoms with Crippen molar-refractivity contribution in [2.75, 3.05) is 26.5 Å². The molecular formula is C25H29N5O2S. The molecule has 1 amide bonds. The first kappa shape index (κ1) is 24.3. The van der Waals surface area contributed by atoms with Crippen LogP contribution in [0.25, 0.3) is 17.1 Å². The van der Waals surface area contributed by atoms with Gasteiger partial charge in [0.15, 0.2) is 11.0 Å². The highest BCUT2D eigenvalue weighted by atomic mass is 32.2. The van der Waals surface area contributed by atoms with Crippen molar-refractivity contribution in [1.29, 1.82) is 5.26 Å². The Kier molecular flexibility index (Phi) is 7.77. The fourth-order valence-electron chi connectivity index (χ4n) is 3.21. The summed E-state index contributed by atoms with van der Waals surface area (Å²) in [6, 6.07) is 18.1. The van der Waals surface area contributed by atoms with E-state index in [2.05, 4.69) is 61.3 Å². The monoisotopic (exact) mass is 463 g/mol. The predicted molar refractivity (Wildman–Crippen MR) is 131 cm³/mol. The van der Waals surface area contributed by atoms with Gasteiger partial charge < -0.3 is 9.64 Å². The van der Waals surface area contributed by atoms with E-state index in [9.17, 15) is 4.79 Å². The summed E-state index contributed by atoms with van der Waals surface area (Å²) in [6.45, 7) is 6.95. The first-order chi connectivity index (χ1) is 15.7. The van der Waals surface area contributed by atoms with Crippen LogP contribution in [-0.4, -0.2) is 52.0 Å². The molecule has 7 nitrogen and oxygen atoms in total. The number of carbonyl (C=O) groups excluding carboxylic acids is 1. The van der Waals surface area contributed by atoms with Crippen LogP contribution in [0.2, 0.25) is 0 Å². The molecule has 2 aromatic carbocycles. The van der Waals surface area contributed by atoms with Crippen LogP contribution in [0.15, 0.2) is 53.7 Å². The molecule has 0 spiro atoms. The average Bonchev–Trinajstić information content (AvgIpc) is 3.24. The number of nitrogens with zero attached hydrogens (tertiary/aromatic N) is 5. The molecular weight excluding hydrogens is 434 g/mol. The molecule has 0 unspecified atom stereocenters. The van der Waals surface area contributed by atoms with Gasteiger partial charge in [0.05, 0.1) is 25.4 Å². The fourth-order valence-corrected chi connectivity index (χ4v) is 4.11. The number of thioether (sulfide) groups is 1. The maximum Gasteiger partial charge on any atom is 0.232 e. The number of nitriles is 1. The van der Waals surface area contributed by atoms with E-state index in [0.717, 1.165) is 17.0 Å². The lowest BCUT2D eigenvalue weighted by molar-refractivity contribution is -0.127.